The normalized spacial score (nSPS) is 27.2. The lowest BCUT2D eigenvalue weighted by atomic mass is 9.74. The van der Waals surface area contributed by atoms with Crippen LogP contribution in [-0.2, 0) is 6.42 Å². The molecule has 2 nitrogen and oxygen atoms in total. The molecule has 0 bridgehead atoms. The molecule has 0 saturated heterocycles. The molecule has 2 heteroatoms. The molecular formula is C17H27NO. The number of methoxy groups -OCH3 is 1. The van der Waals surface area contributed by atoms with Gasteiger partial charge in [-0.2, -0.15) is 0 Å². The fourth-order valence-electron chi connectivity index (χ4n) is 3.49. The standard InChI is InChI=1S/C17H27NO/c1-4-13-9-10-16(18-2)15(11-13)12-14-7-5-6-8-17(14)19-3/h5-8,13,15-16,18H,4,9-12H2,1-3H3. The van der Waals surface area contributed by atoms with E-state index in [4.69, 9.17) is 4.74 Å². The average molecular weight is 261 g/mol. The Balaban J connectivity index is 2.09. The van der Waals surface area contributed by atoms with Crippen molar-refractivity contribution in [1.29, 1.82) is 0 Å². The third-order valence-electron chi connectivity index (χ3n) is 4.71. The summed E-state index contributed by atoms with van der Waals surface area (Å²) in [5, 5.41) is 3.52. The number of ether oxygens (including phenoxy) is 1. The van der Waals surface area contributed by atoms with Gasteiger partial charge < -0.3 is 10.1 Å². The average Bonchev–Trinajstić information content (AvgIpc) is 2.47. The highest BCUT2D eigenvalue weighted by Crippen LogP contribution is 2.34. The molecule has 19 heavy (non-hydrogen) atoms. The van der Waals surface area contributed by atoms with Crippen LogP contribution in [0.2, 0.25) is 0 Å². The van der Waals surface area contributed by atoms with Gasteiger partial charge in [-0.15, -0.1) is 0 Å². The van der Waals surface area contributed by atoms with E-state index in [0.29, 0.717) is 6.04 Å². The van der Waals surface area contributed by atoms with Crippen molar-refractivity contribution < 1.29 is 4.74 Å². The van der Waals surface area contributed by atoms with Crippen molar-refractivity contribution in [2.75, 3.05) is 14.2 Å². The summed E-state index contributed by atoms with van der Waals surface area (Å²) in [4.78, 5) is 0. The molecule has 3 atom stereocenters. The second-order valence-corrected chi connectivity index (χ2v) is 5.76. The van der Waals surface area contributed by atoms with Crippen LogP contribution < -0.4 is 10.1 Å². The zero-order valence-corrected chi connectivity index (χ0v) is 12.5. The quantitative estimate of drug-likeness (QED) is 0.873. The summed E-state index contributed by atoms with van der Waals surface area (Å²) in [5.41, 5.74) is 1.35. The van der Waals surface area contributed by atoms with Crippen molar-refractivity contribution in [2.24, 2.45) is 11.8 Å². The maximum Gasteiger partial charge on any atom is 0.122 e. The van der Waals surface area contributed by atoms with E-state index < -0.39 is 0 Å². The topological polar surface area (TPSA) is 21.3 Å². The lowest BCUT2D eigenvalue weighted by Gasteiger charge is -2.36. The fourth-order valence-corrected chi connectivity index (χ4v) is 3.49. The summed E-state index contributed by atoms with van der Waals surface area (Å²) in [7, 11) is 3.87. The third-order valence-corrected chi connectivity index (χ3v) is 4.71. The van der Waals surface area contributed by atoms with Gasteiger partial charge in [-0.05, 0) is 56.2 Å². The van der Waals surface area contributed by atoms with Gasteiger partial charge in [-0.1, -0.05) is 31.5 Å². The second kappa shape index (κ2) is 6.95. The zero-order chi connectivity index (χ0) is 13.7. The molecule has 0 amide bonds. The van der Waals surface area contributed by atoms with E-state index in [9.17, 15) is 0 Å². The van der Waals surface area contributed by atoms with Crippen molar-refractivity contribution in [3.63, 3.8) is 0 Å². The first-order valence-corrected chi connectivity index (χ1v) is 7.57. The van der Waals surface area contributed by atoms with Gasteiger partial charge in [0, 0.05) is 6.04 Å². The number of benzene rings is 1. The SMILES string of the molecule is CCC1CCC(NC)C(Cc2ccccc2OC)C1. The molecule has 0 aromatic heterocycles. The van der Waals surface area contributed by atoms with Crippen LogP contribution in [0.3, 0.4) is 0 Å². The van der Waals surface area contributed by atoms with Crippen LogP contribution in [-0.4, -0.2) is 20.2 Å². The second-order valence-electron chi connectivity index (χ2n) is 5.76. The first-order chi connectivity index (χ1) is 9.28. The predicted octanol–water partition coefficient (Wildman–Crippen LogP) is 3.65. The molecule has 0 aliphatic heterocycles. The van der Waals surface area contributed by atoms with Crippen molar-refractivity contribution in [1.82, 2.24) is 5.32 Å². The largest absolute Gasteiger partial charge is 0.496 e. The molecule has 1 aromatic carbocycles. The Labute approximate surface area is 117 Å². The Morgan fingerprint density at radius 2 is 2.05 bits per heavy atom. The lowest BCUT2D eigenvalue weighted by molar-refractivity contribution is 0.204. The van der Waals surface area contributed by atoms with Gasteiger partial charge in [0.2, 0.25) is 0 Å². The number of nitrogens with one attached hydrogen (secondary N) is 1. The van der Waals surface area contributed by atoms with Crippen LogP contribution in [0, 0.1) is 11.8 Å². The number of para-hydroxylation sites is 1. The molecule has 1 aromatic rings. The van der Waals surface area contributed by atoms with Crippen LogP contribution >= 0.6 is 0 Å². The Bertz CT molecular complexity index is 391. The van der Waals surface area contributed by atoms with E-state index in [-0.39, 0.29) is 0 Å². The van der Waals surface area contributed by atoms with E-state index in [0.717, 1.165) is 24.0 Å². The van der Waals surface area contributed by atoms with Crippen LogP contribution in [0.5, 0.6) is 5.75 Å². The molecule has 1 aliphatic rings. The van der Waals surface area contributed by atoms with E-state index in [1.165, 1.54) is 31.2 Å². The number of hydrogen-bond acceptors (Lipinski definition) is 2. The Morgan fingerprint density at radius 1 is 1.26 bits per heavy atom. The van der Waals surface area contributed by atoms with Crippen LogP contribution in [0.25, 0.3) is 0 Å². The molecule has 0 heterocycles. The molecule has 1 N–H and O–H groups in total. The van der Waals surface area contributed by atoms with Gasteiger partial charge in [0.15, 0.2) is 0 Å². The van der Waals surface area contributed by atoms with Crippen LogP contribution in [0.15, 0.2) is 24.3 Å². The molecule has 106 valence electrons. The molecule has 1 fully saturated rings. The Kier molecular flexibility index (Phi) is 5.26. The molecule has 2 rings (SSSR count). The maximum atomic E-state index is 5.49. The van der Waals surface area contributed by atoms with Crippen LogP contribution in [0.4, 0.5) is 0 Å². The van der Waals surface area contributed by atoms with Gasteiger partial charge in [0.1, 0.15) is 5.75 Å². The monoisotopic (exact) mass is 261 g/mol. The van der Waals surface area contributed by atoms with Crippen molar-refractivity contribution in [3.8, 4) is 5.75 Å². The van der Waals surface area contributed by atoms with Gasteiger partial charge in [-0.25, -0.2) is 0 Å². The molecule has 0 radical (unpaired) electrons. The first kappa shape index (κ1) is 14.4. The zero-order valence-electron chi connectivity index (χ0n) is 12.5. The summed E-state index contributed by atoms with van der Waals surface area (Å²) in [6, 6.07) is 9.11. The van der Waals surface area contributed by atoms with Crippen molar-refractivity contribution in [2.45, 2.75) is 45.1 Å². The highest BCUT2D eigenvalue weighted by Gasteiger charge is 2.29. The van der Waals surface area contributed by atoms with Gasteiger partial charge >= 0.3 is 0 Å². The van der Waals surface area contributed by atoms with Crippen molar-refractivity contribution in [3.05, 3.63) is 29.8 Å². The summed E-state index contributed by atoms with van der Waals surface area (Å²) in [5.74, 6) is 2.68. The Hall–Kier alpha value is -1.02. The minimum Gasteiger partial charge on any atom is -0.496 e. The number of hydrogen-bond donors (Lipinski definition) is 1. The molecular weight excluding hydrogens is 234 g/mol. The fraction of sp³-hybridized carbons (Fsp3) is 0.647. The highest BCUT2D eigenvalue weighted by atomic mass is 16.5. The molecule has 1 aliphatic carbocycles. The molecule has 1 saturated carbocycles. The van der Waals surface area contributed by atoms with E-state index >= 15 is 0 Å². The number of rotatable bonds is 5. The minimum absolute atomic E-state index is 0.660. The predicted molar refractivity (Wildman–Crippen MR) is 80.7 cm³/mol. The first-order valence-electron chi connectivity index (χ1n) is 7.57. The minimum atomic E-state index is 0.660. The smallest absolute Gasteiger partial charge is 0.122 e. The van der Waals surface area contributed by atoms with E-state index in [1.807, 2.05) is 6.07 Å². The molecule has 3 unspecified atom stereocenters. The van der Waals surface area contributed by atoms with Crippen LogP contribution in [0.1, 0.15) is 38.2 Å². The highest BCUT2D eigenvalue weighted by molar-refractivity contribution is 5.33. The summed E-state index contributed by atoms with van der Waals surface area (Å²) in [6.07, 6.45) is 6.49. The van der Waals surface area contributed by atoms with Crippen molar-refractivity contribution >= 4 is 0 Å². The molecule has 0 spiro atoms. The maximum absolute atomic E-state index is 5.49. The third kappa shape index (κ3) is 3.50. The lowest BCUT2D eigenvalue weighted by Crippen LogP contribution is -2.39. The summed E-state index contributed by atoms with van der Waals surface area (Å²) >= 11 is 0. The van der Waals surface area contributed by atoms with E-state index in [2.05, 4.69) is 37.5 Å². The van der Waals surface area contributed by atoms with Gasteiger partial charge in [0.05, 0.1) is 7.11 Å². The Morgan fingerprint density at radius 3 is 2.74 bits per heavy atom. The van der Waals surface area contributed by atoms with Gasteiger partial charge in [-0.3, -0.25) is 0 Å². The summed E-state index contributed by atoms with van der Waals surface area (Å²) < 4.78 is 5.49. The van der Waals surface area contributed by atoms with E-state index in [1.54, 1.807) is 7.11 Å². The van der Waals surface area contributed by atoms with Gasteiger partial charge in [0.25, 0.3) is 0 Å². The summed E-state index contributed by atoms with van der Waals surface area (Å²) in [6.45, 7) is 2.32.